The summed E-state index contributed by atoms with van der Waals surface area (Å²) in [5, 5.41) is 3.62. The summed E-state index contributed by atoms with van der Waals surface area (Å²) in [6.45, 7) is 5.54. The lowest BCUT2D eigenvalue weighted by molar-refractivity contribution is 0.0506. The van der Waals surface area contributed by atoms with Gasteiger partial charge in [0.25, 0.3) is 0 Å². The molecule has 1 N–H and O–H groups in total. The van der Waals surface area contributed by atoms with E-state index >= 15 is 0 Å². The summed E-state index contributed by atoms with van der Waals surface area (Å²) in [4.78, 5) is 12.9. The molecule has 0 saturated carbocycles. The average molecular weight is 326 g/mol. The van der Waals surface area contributed by atoms with Gasteiger partial charge in [0.2, 0.25) is 0 Å². The Morgan fingerprint density at radius 3 is 2.71 bits per heavy atom. The molecule has 0 bridgehead atoms. The van der Waals surface area contributed by atoms with Gasteiger partial charge in [0.15, 0.2) is 0 Å². The highest BCUT2D eigenvalue weighted by Crippen LogP contribution is 2.23. The third kappa shape index (κ3) is 4.97. The predicted molar refractivity (Wildman–Crippen MR) is 89.2 cm³/mol. The molecule has 5 heteroatoms. The van der Waals surface area contributed by atoms with E-state index in [2.05, 4.69) is 5.32 Å². The van der Waals surface area contributed by atoms with Crippen LogP contribution in [-0.2, 0) is 17.6 Å². The highest BCUT2D eigenvalue weighted by atomic mass is 35.5. The van der Waals surface area contributed by atoms with Crippen LogP contribution in [0.1, 0.15) is 38.3 Å². The van der Waals surface area contributed by atoms with Crippen LogP contribution in [0.2, 0.25) is 5.02 Å². The second kappa shape index (κ2) is 6.32. The van der Waals surface area contributed by atoms with E-state index in [9.17, 15) is 4.79 Å². The Labute approximate surface area is 136 Å². The molecule has 1 atom stereocenters. The van der Waals surface area contributed by atoms with Crippen LogP contribution in [0.3, 0.4) is 0 Å². The second-order valence-corrected chi connectivity index (χ2v) is 7.39. The smallest absolute Gasteiger partial charge is 0.407 e. The van der Waals surface area contributed by atoms with Gasteiger partial charge in [0, 0.05) is 17.5 Å². The molecule has 0 fully saturated rings. The Morgan fingerprint density at radius 2 is 2.05 bits per heavy atom. The number of nitrogens with one attached hydrogen (secondary N) is 1. The van der Waals surface area contributed by atoms with Crippen LogP contribution in [-0.4, -0.2) is 22.6 Å². The summed E-state index contributed by atoms with van der Waals surface area (Å²) in [5.74, 6) is 0. The van der Waals surface area contributed by atoms with Crippen LogP contribution >= 0.6 is 23.8 Å². The summed E-state index contributed by atoms with van der Waals surface area (Å²) in [6.07, 6.45) is 1.76. The van der Waals surface area contributed by atoms with Crippen LogP contribution in [0.4, 0.5) is 4.79 Å². The fraction of sp³-hybridized carbons (Fsp3) is 0.500. The van der Waals surface area contributed by atoms with Crippen molar-refractivity contribution < 1.29 is 9.53 Å². The highest BCUT2D eigenvalue weighted by Gasteiger charge is 2.24. The maximum Gasteiger partial charge on any atom is 0.407 e. The van der Waals surface area contributed by atoms with E-state index in [1.807, 2.05) is 39.0 Å². The van der Waals surface area contributed by atoms with Crippen molar-refractivity contribution >= 4 is 34.8 Å². The maximum absolute atomic E-state index is 11.9. The molecule has 2 rings (SSSR count). The monoisotopic (exact) mass is 325 g/mol. The molecule has 21 heavy (non-hydrogen) atoms. The van der Waals surface area contributed by atoms with Gasteiger partial charge < -0.3 is 10.1 Å². The number of hydrogen-bond acceptors (Lipinski definition) is 3. The van der Waals surface area contributed by atoms with E-state index in [0.29, 0.717) is 11.4 Å². The zero-order chi connectivity index (χ0) is 15.6. The van der Waals surface area contributed by atoms with Crippen molar-refractivity contribution in [3.8, 4) is 0 Å². The Kier molecular flexibility index (Phi) is 4.89. The molecule has 1 aliphatic rings. The van der Waals surface area contributed by atoms with Crippen molar-refractivity contribution in [3.05, 3.63) is 34.3 Å². The molecule has 1 unspecified atom stereocenters. The molecule has 0 radical (unpaired) electrons. The number of halogens is 1. The Morgan fingerprint density at radius 1 is 1.33 bits per heavy atom. The Hall–Kier alpha value is -1.13. The van der Waals surface area contributed by atoms with Gasteiger partial charge in [-0.15, -0.1) is 0 Å². The number of benzene rings is 1. The molecule has 3 nitrogen and oxygen atoms in total. The molecule has 0 heterocycles. The van der Waals surface area contributed by atoms with Crippen molar-refractivity contribution in [2.75, 3.05) is 0 Å². The van der Waals surface area contributed by atoms with Gasteiger partial charge in [-0.3, -0.25) is 0 Å². The second-order valence-electron chi connectivity index (χ2n) is 6.38. The largest absolute Gasteiger partial charge is 0.444 e. The quantitative estimate of drug-likeness (QED) is 0.624. The molecule has 0 spiro atoms. The predicted octanol–water partition coefficient (Wildman–Crippen LogP) is 4.09. The lowest BCUT2D eigenvalue weighted by Crippen LogP contribution is -2.40. The molecule has 1 aliphatic carbocycles. The summed E-state index contributed by atoms with van der Waals surface area (Å²) in [7, 11) is 0. The number of thiocarbonyl (C=S) groups is 1. The minimum Gasteiger partial charge on any atom is -0.444 e. The Bertz CT molecular complexity index is 566. The molecular formula is C16H20ClNO2S. The number of amides is 1. The Balaban J connectivity index is 2.11. The number of carbonyl (C=O) groups excluding carboxylic acids is 1. The first-order valence-corrected chi connectivity index (χ1v) is 7.80. The lowest BCUT2D eigenvalue weighted by atomic mass is 10.0. The normalized spacial score (nSPS) is 18.7. The average Bonchev–Trinajstić information content (AvgIpc) is 2.43. The van der Waals surface area contributed by atoms with E-state index in [1.54, 1.807) is 0 Å². The lowest BCUT2D eigenvalue weighted by Gasteiger charge is -2.23. The number of ether oxygens (including phenoxy) is 1. The van der Waals surface area contributed by atoms with Gasteiger partial charge in [0.05, 0.1) is 0 Å². The zero-order valence-corrected chi connectivity index (χ0v) is 14.1. The molecule has 1 amide bonds. The van der Waals surface area contributed by atoms with E-state index in [-0.39, 0.29) is 6.04 Å². The van der Waals surface area contributed by atoms with Crippen LogP contribution in [0.15, 0.2) is 18.2 Å². The first kappa shape index (κ1) is 16.2. The van der Waals surface area contributed by atoms with E-state index < -0.39 is 11.7 Å². The maximum atomic E-state index is 11.9. The molecule has 1 aromatic rings. The van der Waals surface area contributed by atoms with Gasteiger partial charge in [-0.1, -0.05) is 29.9 Å². The van der Waals surface area contributed by atoms with Crippen LogP contribution < -0.4 is 5.32 Å². The fourth-order valence-electron chi connectivity index (χ4n) is 2.43. The molecule has 0 aromatic heterocycles. The van der Waals surface area contributed by atoms with Crippen LogP contribution in [0, 0.1) is 0 Å². The number of rotatable bonds is 1. The molecule has 0 saturated heterocycles. The van der Waals surface area contributed by atoms with Gasteiger partial charge in [-0.05, 0) is 61.7 Å². The summed E-state index contributed by atoms with van der Waals surface area (Å²) >= 11 is 11.5. The first-order valence-electron chi connectivity index (χ1n) is 7.01. The fourth-order valence-corrected chi connectivity index (χ4v) is 2.98. The highest BCUT2D eigenvalue weighted by molar-refractivity contribution is 7.80. The van der Waals surface area contributed by atoms with Crippen molar-refractivity contribution in [1.29, 1.82) is 0 Å². The molecule has 0 aliphatic heterocycles. The molecule has 1 aromatic carbocycles. The number of carbonyl (C=O) groups is 1. The van der Waals surface area contributed by atoms with E-state index in [4.69, 9.17) is 28.6 Å². The van der Waals surface area contributed by atoms with Crippen molar-refractivity contribution in [2.45, 2.75) is 51.7 Å². The number of alkyl carbamates (subject to hydrolysis) is 1. The van der Waals surface area contributed by atoms with Crippen LogP contribution in [0.5, 0.6) is 0 Å². The minimum absolute atomic E-state index is 0.0490. The van der Waals surface area contributed by atoms with Gasteiger partial charge in [-0.25, -0.2) is 4.79 Å². The van der Waals surface area contributed by atoms with Crippen molar-refractivity contribution in [2.24, 2.45) is 0 Å². The molecular weight excluding hydrogens is 306 g/mol. The third-order valence-corrected chi connectivity index (χ3v) is 3.76. The summed E-state index contributed by atoms with van der Waals surface area (Å²) < 4.78 is 5.31. The van der Waals surface area contributed by atoms with Crippen LogP contribution in [0.25, 0.3) is 0 Å². The number of hydrogen-bond donors (Lipinski definition) is 1. The van der Waals surface area contributed by atoms with Gasteiger partial charge in [0.1, 0.15) is 5.60 Å². The van der Waals surface area contributed by atoms with Crippen molar-refractivity contribution in [1.82, 2.24) is 5.32 Å². The molecule has 114 valence electrons. The number of fused-ring (bicyclic) bond motifs is 1. The van der Waals surface area contributed by atoms with E-state index in [0.717, 1.165) is 23.3 Å². The van der Waals surface area contributed by atoms with Crippen molar-refractivity contribution in [3.63, 3.8) is 0 Å². The van der Waals surface area contributed by atoms with Gasteiger partial charge >= 0.3 is 6.09 Å². The van der Waals surface area contributed by atoms with Gasteiger partial charge in [-0.2, -0.15) is 0 Å². The first-order chi connectivity index (χ1) is 9.73. The summed E-state index contributed by atoms with van der Waals surface area (Å²) in [6, 6.07) is 5.80. The minimum atomic E-state index is -0.503. The SMILES string of the molecule is CC(C)(C)OC(=O)NC1CC(=S)Cc2ccc(Cl)cc2C1. The third-order valence-electron chi connectivity index (χ3n) is 3.22. The zero-order valence-electron chi connectivity index (χ0n) is 12.5. The standard InChI is InChI=1S/C16H20ClNO2S/c1-16(2,3)20-15(19)18-13-7-11-6-12(17)5-4-10(11)8-14(21)9-13/h4-6,13H,7-9H2,1-3H3,(H,18,19). The topological polar surface area (TPSA) is 38.3 Å². The van der Waals surface area contributed by atoms with E-state index in [1.165, 1.54) is 5.56 Å². The summed E-state index contributed by atoms with van der Waals surface area (Å²) in [5.41, 5.74) is 1.83.